The quantitative estimate of drug-likeness (QED) is 0.578. The van der Waals surface area contributed by atoms with E-state index in [1.54, 1.807) is 31.3 Å². The Labute approximate surface area is 140 Å². The number of nitrogens with one attached hydrogen (secondary N) is 1. The van der Waals surface area contributed by atoms with E-state index in [1.165, 1.54) is 15.2 Å². The van der Waals surface area contributed by atoms with Gasteiger partial charge in [-0.15, -0.1) is 0 Å². The van der Waals surface area contributed by atoms with E-state index < -0.39 is 22.3 Å². The van der Waals surface area contributed by atoms with E-state index in [0.29, 0.717) is 11.0 Å². The lowest BCUT2D eigenvalue weighted by atomic mass is 10.2. The lowest BCUT2D eigenvalue weighted by Gasteiger charge is -2.06. The number of benzene rings is 2. The van der Waals surface area contributed by atoms with Gasteiger partial charge in [-0.1, -0.05) is 12.1 Å². The molecule has 3 aromatic rings. The van der Waals surface area contributed by atoms with Crippen LogP contribution in [0.5, 0.6) is 0 Å². The van der Waals surface area contributed by atoms with Crippen molar-refractivity contribution in [1.29, 1.82) is 0 Å². The average Bonchev–Trinajstić information content (AvgIpc) is 2.82. The van der Waals surface area contributed by atoms with Gasteiger partial charge in [0.15, 0.2) is 0 Å². The normalized spacial score (nSPS) is 10.8. The van der Waals surface area contributed by atoms with Gasteiger partial charge in [-0.2, -0.15) is 4.39 Å². The average molecular weight is 344 g/mol. The van der Waals surface area contributed by atoms with Crippen molar-refractivity contribution in [2.24, 2.45) is 7.05 Å². The van der Waals surface area contributed by atoms with Crippen molar-refractivity contribution in [2.45, 2.75) is 6.54 Å². The van der Waals surface area contributed by atoms with Crippen molar-refractivity contribution in [3.05, 3.63) is 68.9 Å². The maximum Gasteiger partial charge on any atom is 0.329 e. The van der Waals surface area contributed by atoms with Crippen molar-refractivity contribution in [3.8, 4) is 0 Å². The molecule has 0 unspecified atom stereocenters. The van der Waals surface area contributed by atoms with Crippen LogP contribution in [0.25, 0.3) is 11.0 Å². The molecule has 0 aliphatic rings. The van der Waals surface area contributed by atoms with E-state index in [9.17, 15) is 24.1 Å². The molecule has 0 saturated heterocycles. The van der Waals surface area contributed by atoms with Gasteiger partial charge in [0.05, 0.1) is 16.0 Å². The van der Waals surface area contributed by atoms with Crippen molar-refractivity contribution < 1.29 is 14.1 Å². The molecule has 0 spiro atoms. The van der Waals surface area contributed by atoms with Gasteiger partial charge in [-0.05, 0) is 24.3 Å². The molecule has 0 aliphatic heterocycles. The van der Waals surface area contributed by atoms with Crippen molar-refractivity contribution >= 4 is 28.3 Å². The number of hydrogen-bond donors (Lipinski definition) is 1. The minimum absolute atomic E-state index is 0.0754. The highest BCUT2D eigenvalue weighted by atomic mass is 19.1. The monoisotopic (exact) mass is 344 g/mol. The molecule has 25 heavy (non-hydrogen) atoms. The smallest absolute Gasteiger partial charge is 0.324 e. The molecule has 0 atom stereocenters. The lowest BCUT2D eigenvalue weighted by molar-refractivity contribution is -0.387. The van der Waals surface area contributed by atoms with Crippen molar-refractivity contribution in [3.63, 3.8) is 0 Å². The third-order valence-electron chi connectivity index (χ3n) is 3.78. The molecule has 3 rings (SSSR count). The summed E-state index contributed by atoms with van der Waals surface area (Å²) in [4.78, 5) is 34.4. The number of imidazole rings is 1. The molecule has 9 heteroatoms. The summed E-state index contributed by atoms with van der Waals surface area (Å²) in [5.74, 6) is -1.55. The number of fused-ring (bicyclic) bond motifs is 1. The van der Waals surface area contributed by atoms with Crippen LogP contribution in [0.2, 0.25) is 0 Å². The number of nitro groups is 1. The van der Waals surface area contributed by atoms with Crippen LogP contribution in [0.15, 0.2) is 47.3 Å². The van der Waals surface area contributed by atoms with E-state index in [1.807, 2.05) is 0 Å². The maximum absolute atomic E-state index is 13.3. The van der Waals surface area contributed by atoms with Crippen molar-refractivity contribution in [2.75, 3.05) is 5.32 Å². The number of nitro benzene ring substituents is 1. The molecule has 1 aromatic heterocycles. The zero-order valence-corrected chi connectivity index (χ0v) is 13.1. The number of anilines is 1. The highest BCUT2D eigenvalue weighted by Gasteiger charge is 2.17. The zero-order chi connectivity index (χ0) is 18.1. The van der Waals surface area contributed by atoms with Crippen LogP contribution < -0.4 is 11.0 Å². The molecule has 0 radical (unpaired) electrons. The molecule has 2 aromatic carbocycles. The predicted octanol–water partition coefficient (Wildman–Crippen LogP) is 2.03. The topological polar surface area (TPSA) is 99.2 Å². The number of aromatic nitrogens is 2. The Kier molecular flexibility index (Phi) is 4.05. The first-order valence-corrected chi connectivity index (χ1v) is 7.26. The van der Waals surface area contributed by atoms with Crippen LogP contribution in [0, 0.1) is 15.9 Å². The molecular weight excluding hydrogens is 331 g/mol. The Morgan fingerprint density at radius 1 is 1.24 bits per heavy atom. The third kappa shape index (κ3) is 2.99. The zero-order valence-electron chi connectivity index (χ0n) is 13.1. The van der Waals surface area contributed by atoms with Gasteiger partial charge in [-0.3, -0.25) is 24.0 Å². The minimum Gasteiger partial charge on any atom is -0.324 e. The van der Waals surface area contributed by atoms with Crippen LogP contribution >= 0.6 is 0 Å². The maximum atomic E-state index is 13.3. The molecule has 0 saturated carbocycles. The third-order valence-corrected chi connectivity index (χ3v) is 3.78. The highest BCUT2D eigenvalue weighted by Crippen LogP contribution is 2.21. The number of halogens is 1. The van der Waals surface area contributed by atoms with Gasteiger partial charge in [0.25, 0.3) is 0 Å². The molecule has 8 nitrogen and oxygen atoms in total. The van der Waals surface area contributed by atoms with Crippen LogP contribution in [-0.4, -0.2) is 20.0 Å². The second-order valence-electron chi connectivity index (χ2n) is 5.39. The fourth-order valence-electron chi connectivity index (χ4n) is 2.59. The molecule has 1 amide bonds. The lowest BCUT2D eigenvalue weighted by Crippen LogP contribution is -2.28. The summed E-state index contributed by atoms with van der Waals surface area (Å²) in [6.07, 6.45) is 0. The number of nitrogens with zero attached hydrogens (tertiary/aromatic N) is 3. The number of aryl methyl sites for hydroxylation is 1. The number of carbonyl (C=O) groups excluding carboxylic acids is 1. The highest BCUT2D eigenvalue weighted by molar-refractivity contribution is 5.92. The molecule has 0 fully saturated rings. The van der Waals surface area contributed by atoms with Crippen LogP contribution in [-0.2, 0) is 18.4 Å². The Bertz CT molecular complexity index is 1050. The second-order valence-corrected chi connectivity index (χ2v) is 5.39. The van der Waals surface area contributed by atoms with Gasteiger partial charge >= 0.3 is 11.4 Å². The summed E-state index contributed by atoms with van der Waals surface area (Å²) in [5.41, 5.74) is 0.251. The van der Waals surface area contributed by atoms with E-state index in [2.05, 4.69) is 5.32 Å². The Hall–Kier alpha value is -3.49. The summed E-state index contributed by atoms with van der Waals surface area (Å²) in [6, 6.07) is 10.0. The minimum atomic E-state index is -0.992. The SMILES string of the molecule is Cn1c(=O)n(CC(=O)Nc2ccc(F)c([N+](=O)[O-])c2)c2ccccc21. The summed E-state index contributed by atoms with van der Waals surface area (Å²) in [5, 5.41) is 13.2. The largest absolute Gasteiger partial charge is 0.329 e. The van der Waals surface area contributed by atoms with Gasteiger partial charge in [0.2, 0.25) is 11.7 Å². The number of carbonyl (C=O) groups is 1. The Morgan fingerprint density at radius 3 is 2.60 bits per heavy atom. The Balaban J connectivity index is 1.87. The van der Waals surface area contributed by atoms with Gasteiger partial charge < -0.3 is 5.32 Å². The second kappa shape index (κ2) is 6.19. The van der Waals surface area contributed by atoms with Gasteiger partial charge in [0, 0.05) is 18.8 Å². The fourth-order valence-corrected chi connectivity index (χ4v) is 2.59. The number of rotatable bonds is 4. The first kappa shape index (κ1) is 16.4. The van der Waals surface area contributed by atoms with E-state index in [0.717, 1.165) is 12.1 Å². The summed E-state index contributed by atoms with van der Waals surface area (Å²) >= 11 is 0. The predicted molar refractivity (Wildman–Crippen MR) is 88.9 cm³/mol. The first-order chi connectivity index (χ1) is 11.9. The van der Waals surface area contributed by atoms with Crippen LogP contribution in [0.4, 0.5) is 15.8 Å². The molecule has 1 N–H and O–H groups in total. The number of amides is 1. The fraction of sp³-hybridized carbons (Fsp3) is 0.125. The van der Waals surface area contributed by atoms with Crippen molar-refractivity contribution in [1.82, 2.24) is 9.13 Å². The van der Waals surface area contributed by atoms with Crippen LogP contribution in [0.1, 0.15) is 0 Å². The Morgan fingerprint density at radius 2 is 1.92 bits per heavy atom. The number of para-hydroxylation sites is 2. The van der Waals surface area contributed by atoms with E-state index >= 15 is 0 Å². The molecule has 1 heterocycles. The molecule has 0 aliphatic carbocycles. The van der Waals surface area contributed by atoms with Gasteiger partial charge in [-0.25, -0.2) is 4.79 Å². The van der Waals surface area contributed by atoms with E-state index in [-0.39, 0.29) is 17.9 Å². The number of hydrogen-bond acceptors (Lipinski definition) is 4. The van der Waals surface area contributed by atoms with E-state index in [4.69, 9.17) is 0 Å². The first-order valence-electron chi connectivity index (χ1n) is 7.26. The summed E-state index contributed by atoms with van der Waals surface area (Å²) in [7, 11) is 1.60. The molecular formula is C16H13FN4O4. The van der Waals surface area contributed by atoms with Crippen LogP contribution in [0.3, 0.4) is 0 Å². The molecule has 128 valence electrons. The molecule has 0 bridgehead atoms. The summed E-state index contributed by atoms with van der Waals surface area (Å²) < 4.78 is 16.0. The summed E-state index contributed by atoms with van der Waals surface area (Å²) in [6.45, 7) is -0.272. The standard InChI is InChI=1S/C16H13FN4O4/c1-19-12-4-2-3-5-13(12)20(16(19)23)9-15(22)18-10-6-7-11(17)14(8-10)21(24)25/h2-8H,9H2,1H3,(H,18,22). The van der Waals surface area contributed by atoms with Gasteiger partial charge in [0.1, 0.15) is 6.54 Å².